The van der Waals surface area contributed by atoms with Crippen LogP contribution >= 0.6 is 11.3 Å². The van der Waals surface area contributed by atoms with Gasteiger partial charge in [0, 0.05) is 16.8 Å². The summed E-state index contributed by atoms with van der Waals surface area (Å²) in [5, 5.41) is 2.84. The van der Waals surface area contributed by atoms with Gasteiger partial charge in [0.05, 0.1) is 29.5 Å². The Bertz CT molecular complexity index is 1940. The van der Waals surface area contributed by atoms with Crippen LogP contribution in [0.1, 0.15) is 29.7 Å². The highest BCUT2D eigenvalue weighted by Gasteiger charge is 2.37. The molecule has 3 aliphatic rings. The number of carbonyl (C=O) groups excluding carboxylic acids is 2. The molecule has 10 heteroatoms. The molecule has 4 heterocycles. The van der Waals surface area contributed by atoms with Crippen molar-refractivity contribution in [3.63, 3.8) is 0 Å². The van der Waals surface area contributed by atoms with Crippen LogP contribution in [0.3, 0.4) is 0 Å². The second kappa shape index (κ2) is 9.35. The zero-order valence-corrected chi connectivity index (χ0v) is 22.0. The Morgan fingerprint density at radius 1 is 1.05 bits per heavy atom. The van der Waals surface area contributed by atoms with Gasteiger partial charge in [-0.3, -0.25) is 14.2 Å². The van der Waals surface area contributed by atoms with Crippen LogP contribution in [0, 0.1) is 0 Å². The molecule has 0 aliphatic carbocycles. The van der Waals surface area contributed by atoms with Crippen LogP contribution in [0.25, 0.3) is 11.3 Å². The molecule has 9 nitrogen and oxygen atoms in total. The number of amides is 1. The maximum Gasteiger partial charge on any atom is 0.338 e. The van der Waals surface area contributed by atoms with E-state index in [-0.39, 0.29) is 35.0 Å². The van der Waals surface area contributed by atoms with E-state index in [1.807, 2.05) is 42.5 Å². The maximum atomic E-state index is 14.2. The van der Waals surface area contributed by atoms with Gasteiger partial charge >= 0.3 is 5.97 Å². The van der Waals surface area contributed by atoms with Crippen LogP contribution < -0.4 is 29.7 Å². The first-order valence-electron chi connectivity index (χ1n) is 12.7. The molecule has 198 valence electrons. The number of thiazole rings is 1. The number of aromatic nitrogens is 1. The molecule has 0 bridgehead atoms. The summed E-state index contributed by atoms with van der Waals surface area (Å²) in [5.74, 6) is 0.129. The molecule has 1 atom stereocenters. The summed E-state index contributed by atoms with van der Waals surface area (Å²) in [7, 11) is 0. The average Bonchev–Trinajstić information content (AvgIpc) is 3.66. The van der Waals surface area contributed by atoms with Gasteiger partial charge in [-0.2, -0.15) is 0 Å². The minimum atomic E-state index is -0.894. The summed E-state index contributed by atoms with van der Waals surface area (Å²) >= 11 is 1.12. The molecule has 1 aromatic heterocycles. The lowest BCUT2D eigenvalue weighted by Crippen LogP contribution is -2.40. The first-order valence-corrected chi connectivity index (χ1v) is 13.5. The maximum absolute atomic E-state index is 14.2. The van der Waals surface area contributed by atoms with Crippen LogP contribution in [0.15, 0.2) is 88.2 Å². The number of nitrogens with zero attached hydrogens (tertiary/aromatic N) is 2. The number of fused-ring (bicyclic) bond motifs is 3. The van der Waals surface area contributed by atoms with Crippen molar-refractivity contribution in [1.82, 2.24) is 4.57 Å². The van der Waals surface area contributed by atoms with Gasteiger partial charge in [-0.25, -0.2) is 9.79 Å². The number of rotatable bonds is 4. The van der Waals surface area contributed by atoms with Crippen molar-refractivity contribution in [3.8, 4) is 11.5 Å². The molecule has 40 heavy (non-hydrogen) atoms. The van der Waals surface area contributed by atoms with E-state index >= 15 is 0 Å². The Kier molecular flexibility index (Phi) is 5.64. The van der Waals surface area contributed by atoms with E-state index in [0.29, 0.717) is 44.4 Å². The summed E-state index contributed by atoms with van der Waals surface area (Å²) in [6.45, 7) is 1.95. The number of benzene rings is 3. The fourth-order valence-corrected chi connectivity index (χ4v) is 6.33. The van der Waals surface area contributed by atoms with Crippen LogP contribution in [-0.2, 0) is 14.3 Å². The summed E-state index contributed by atoms with van der Waals surface area (Å²) in [5.41, 5.74) is 3.06. The third-order valence-electron chi connectivity index (χ3n) is 6.96. The summed E-state index contributed by atoms with van der Waals surface area (Å²) < 4.78 is 18.3. The Hall–Kier alpha value is -4.96. The number of ether oxygens (including phenoxy) is 3. The predicted octanol–water partition coefficient (Wildman–Crippen LogP) is 2.99. The van der Waals surface area contributed by atoms with Crippen molar-refractivity contribution in [2.75, 3.05) is 18.7 Å². The number of hydrogen-bond donors (Lipinski definition) is 1. The molecular weight excluding hydrogens is 530 g/mol. The van der Waals surface area contributed by atoms with Crippen molar-refractivity contribution in [2.45, 2.75) is 13.0 Å². The Labute approximate surface area is 231 Å². The standard InChI is InChI=1S/C30H21N3O6S/c1-2-37-29(36)23-24(16-8-4-3-5-9-16)32-30-33(25(23)17-12-13-20-21(14-17)39-15-38-20)28(35)26(40-30)22-18-10-6-7-11-19(18)31-27(22)34/h3-14,25H,2,15H2,1H3,(H,31,34)/t25-/m1/s1. The minimum absolute atomic E-state index is 0.0786. The van der Waals surface area contributed by atoms with E-state index in [4.69, 9.17) is 19.2 Å². The van der Waals surface area contributed by atoms with Gasteiger partial charge < -0.3 is 19.5 Å². The second-order valence-electron chi connectivity index (χ2n) is 9.24. The molecule has 1 N–H and O–H groups in total. The molecule has 4 aromatic rings. The molecule has 3 aromatic carbocycles. The van der Waals surface area contributed by atoms with E-state index in [9.17, 15) is 14.4 Å². The van der Waals surface area contributed by atoms with E-state index in [2.05, 4.69) is 5.32 Å². The Morgan fingerprint density at radius 3 is 2.65 bits per heavy atom. The highest BCUT2D eigenvalue weighted by atomic mass is 32.1. The minimum Gasteiger partial charge on any atom is -0.463 e. The molecule has 3 aliphatic heterocycles. The van der Waals surface area contributed by atoms with E-state index < -0.39 is 17.6 Å². The zero-order chi connectivity index (χ0) is 27.4. The third-order valence-corrected chi connectivity index (χ3v) is 8.01. The molecule has 0 saturated heterocycles. The van der Waals surface area contributed by atoms with Crippen molar-refractivity contribution in [1.29, 1.82) is 0 Å². The molecular formula is C30H21N3O6S. The van der Waals surface area contributed by atoms with Crippen LogP contribution in [0.4, 0.5) is 5.69 Å². The highest BCUT2D eigenvalue weighted by Crippen LogP contribution is 2.40. The number of para-hydroxylation sites is 1. The zero-order valence-electron chi connectivity index (χ0n) is 21.2. The first-order chi connectivity index (χ1) is 19.5. The van der Waals surface area contributed by atoms with Gasteiger partial charge in [0.15, 0.2) is 16.3 Å². The molecule has 0 saturated carbocycles. The highest BCUT2D eigenvalue weighted by molar-refractivity contribution is 7.07. The number of nitrogens with one attached hydrogen (secondary N) is 1. The SMILES string of the molecule is CCOC(=O)C1=C(c2ccccc2)N=c2sc(=C3C(=O)Nc4ccccc43)c(=O)n2[C@@H]1c1ccc2c(c1)OCO2. The van der Waals surface area contributed by atoms with Crippen molar-refractivity contribution in [3.05, 3.63) is 115 Å². The monoisotopic (exact) mass is 551 g/mol. The predicted molar refractivity (Wildman–Crippen MR) is 148 cm³/mol. The first kappa shape index (κ1) is 24.1. The summed E-state index contributed by atoms with van der Waals surface area (Å²) in [6, 6.07) is 20.9. The van der Waals surface area contributed by atoms with Gasteiger partial charge in [0.25, 0.3) is 11.5 Å². The number of anilines is 1. The molecule has 1 amide bonds. The fourth-order valence-electron chi connectivity index (χ4n) is 5.23. The van der Waals surface area contributed by atoms with Crippen molar-refractivity contribution >= 4 is 40.2 Å². The van der Waals surface area contributed by atoms with E-state index in [1.165, 1.54) is 4.57 Å². The van der Waals surface area contributed by atoms with Crippen molar-refractivity contribution < 1.29 is 23.8 Å². The Morgan fingerprint density at radius 2 is 1.82 bits per heavy atom. The van der Waals surface area contributed by atoms with Crippen molar-refractivity contribution in [2.24, 2.45) is 4.99 Å². The summed E-state index contributed by atoms with van der Waals surface area (Å²) in [4.78, 5) is 46.1. The number of carbonyl (C=O) groups is 2. The fraction of sp³-hybridized carbons (Fsp3) is 0.133. The molecule has 0 fully saturated rings. The van der Waals surface area contributed by atoms with Crippen LogP contribution in [0.5, 0.6) is 11.5 Å². The third kappa shape index (κ3) is 3.68. The molecule has 0 radical (unpaired) electrons. The largest absolute Gasteiger partial charge is 0.463 e. The number of esters is 1. The smallest absolute Gasteiger partial charge is 0.338 e. The van der Waals surface area contributed by atoms with E-state index in [1.54, 1.807) is 37.3 Å². The van der Waals surface area contributed by atoms with E-state index in [0.717, 1.165) is 11.3 Å². The summed E-state index contributed by atoms with van der Waals surface area (Å²) in [6.07, 6.45) is 0. The van der Waals surface area contributed by atoms with Gasteiger partial charge in [0.2, 0.25) is 6.79 Å². The lowest BCUT2D eigenvalue weighted by molar-refractivity contribution is -0.138. The van der Waals surface area contributed by atoms with Gasteiger partial charge in [-0.15, -0.1) is 0 Å². The van der Waals surface area contributed by atoms with Gasteiger partial charge in [-0.1, -0.05) is 65.9 Å². The lowest BCUT2D eigenvalue weighted by Gasteiger charge is -2.26. The topological polar surface area (TPSA) is 108 Å². The van der Waals surface area contributed by atoms with Gasteiger partial charge in [-0.05, 0) is 30.7 Å². The van der Waals surface area contributed by atoms with Crippen LogP contribution in [-0.4, -0.2) is 29.8 Å². The molecule has 0 unspecified atom stereocenters. The Balaban J connectivity index is 1.57. The average molecular weight is 552 g/mol. The number of hydrogen-bond acceptors (Lipinski definition) is 8. The normalized spacial score (nSPS) is 18.1. The quantitative estimate of drug-likeness (QED) is 0.391. The van der Waals surface area contributed by atoms with Crippen LogP contribution in [0.2, 0.25) is 0 Å². The molecule has 7 rings (SSSR count). The molecule has 0 spiro atoms. The lowest BCUT2D eigenvalue weighted by atomic mass is 9.93. The van der Waals surface area contributed by atoms with Gasteiger partial charge in [0.1, 0.15) is 4.53 Å². The second-order valence-corrected chi connectivity index (χ2v) is 10.2.